The molecule has 0 saturated heterocycles. The SMILES string of the molecule is CNS(=O)(=O)Nc1ccc(/C(C)=N/O)cc1. The molecule has 0 spiro atoms. The van der Waals surface area contributed by atoms with Gasteiger partial charge < -0.3 is 5.21 Å². The van der Waals surface area contributed by atoms with Gasteiger partial charge in [-0.2, -0.15) is 8.42 Å². The van der Waals surface area contributed by atoms with E-state index >= 15 is 0 Å². The molecule has 1 aromatic rings. The number of nitrogens with one attached hydrogen (secondary N) is 2. The Morgan fingerprint density at radius 3 is 2.31 bits per heavy atom. The Morgan fingerprint density at radius 1 is 1.31 bits per heavy atom. The van der Waals surface area contributed by atoms with Crippen molar-refractivity contribution in [2.45, 2.75) is 6.92 Å². The summed E-state index contributed by atoms with van der Waals surface area (Å²) < 4.78 is 26.8. The Kier molecular flexibility index (Phi) is 3.86. The van der Waals surface area contributed by atoms with E-state index in [0.717, 1.165) is 5.56 Å². The van der Waals surface area contributed by atoms with E-state index in [9.17, 15) is 8.42 Å². The molecular weight excluding hydrogens is 230 g/mol. The zero-order chi connectivity index (χ0) is 12.2. The van der Waals surface area contributed by atoms with Gasteiger partial charge in [-0.15, -0.1) is 0 Å². The summed E-state index contributed by atoms with van der Waals surface area (Å²) in [5.74, 6) is 0. The molecule has 0 atom stereocenters. The van der Waals surface area contributed by atoms with E-state index in [1.807, 2.05) is 0 Å². The molecule has 0 fully saturated rings. The zero-order valence-corrected chi connectivity index (χ0v) is 9.75. The molecule has 7 heteroatoms. The maximum atomic E-state index is 11.2. The van der Waals surface area contributed by atoms with Crippen LogP contribution in [0, 0.1) is 0 Å². The number of hydrogen-bond donors (Lipinski definition) is 3. The number of rotatable bonds is 4. The standard InChI is InChI=1S/C9H13N3O3S/c1-7(11-13)8-3-5-9(6-4-8)12-16(14,15)10-2/h3-6,10,12-13H,1-2H3/b11-7+. The minimum atomic E-state index is -3.49. The molecule has 1 aromatic carbocycles. The van der Waals surface area contributed by atoms with Crippen molar-refractivity contribution in [3.05, 3.63) is 29.8 Å². The van der Waals surface area contributed by atoms with Crippen LogP contribution in [0.1, 0.15) is 12.5 Å². The molecule has 0 radical (unpaired) electrons. The van der Waals surface area contributed by atoms with E-state index in [0.29, 0.717) is 11.4 Å². The summed E-state index contributed by atoms with van der Waals surface area (Å²) in [7, 11) is -2.17. The molecule has 0 aliphatic carbocycles. The highest BCUT2D eigenvalue weighted by atomic mass is 32.2. The summed E-state index contributed by atoms with van der Waals surface area (Å²) in [6.45, 7) is 1.65. The molecule has 3 N–H and O–H groups in total. The summed E-state index contributed by atoms with van der Waals surface area (Å²) in [5, 5.41) is 11.6. The van der Waals surface area contributed by atoms with Crippen LogP contribution in [-0.2, 0) is 10.2 Å². The monoisotopic (exact) mass is 243 g/mol. The third-order valence-electron chi connectivity index (χ3n) is 1.97. The molecule has 0 saturated carbocycles. The summed E-state index contributed by atoms with van der Waals surface area (Å²) in [5.41, 5.74) is 1.61. The van der Waals surface area contributed by atoms with Gasteiger partial charge in [-0.25, -0.2) is 4.72 Å². The van der Waals surface area contributed by atoms with Crippen molar-refractivity contribution < 1.29 is 13.6 Å². The largest absolute Gasteiger partial charge is 0.411 e. The summed E-state index contributed by atoms with van der Waals surface area (Å²) in [6.07, 6.45) is 0. The highest BCUT2D eigenvalue weighted by Crippen LogP contribution is 2.11. The van der Waals surface area contributed by atoms with Crippen LogP contribution in [0.2, 0.25) is 0 Å². The van der Waals surface area contributed by atoms with E-state index in [1.54, 1.807) is 31.2 Å². The van der Waals surface area contributed by atoms with Gasteiger partial charge in [-0.1, -0.05) is 17.3 Å². The van der Waals surface area contributed by atoms with E-state index in [4.69, 9.17) is 5.21 Å². The summed E-state index contributed by atoms with van der Waals surface area (Å²) in [4.78, 5) is 0. The van der Waals surface area contributed by atoms with Gasteiger partial charge in [0.1, 0.15) is 0 Å². The van der Waals surface area contributed by atoms with Gasteiger partial charge in [0.05, 0.1) is 5.71 Å². The molecule has 16 heavy (non-hydrogen) atoms. The Hall–Kier alpha value is -1.60. The molecule has 0 bridgehead atoms. The Bertz CT molecular complexity index is 479. The number of nitrogens with zero attached hydrogens (tertiary/aromatic N) is 1. The average Bonchev–Trinajstić information content (AvgIpc) is 2.28. The van der Waals surface area contributed by atoms with Crippen LogP contribution in [0.25, 0.3) is 0 Å². The number of anilines is 1. The maximum absolute atomic E-state index is 11.2. The Morgan fingerprint density at radius 2 is 1.88 bits per heavy atom. The van der Waals surface area contributed by atoms with Crippen molar-refractivity contribution in [2.24, 2.45) is 5.16 Å². The van der Waals surface area contributed by atoms with Gasteiger partial charge in [0.25, 0.3) is 10.2 Å². The highest BCUT2D eigenvalue weighted by Gasteiger charge is 2.06. The van der Waals surface area contributed by atoms with Crippen molar-refractivity contribution in [2.75, 3.05) is 11.8 Å². The van der Waals surface area contributed by atoms with Gasteiger partial charge in [-0.3, -0.25) is 4.72 Å². The van der Waals surface area contributed by atoms with Crippen molar-refractivity contribution in [1.29, 1.82) is 0 Å². The average molecular weight is 243 g/mol. The van der Waals surface area contributed by atoms with Crippen LogP contribution < -0.4 is 9.44 Å². The first-order valence-electron chi connectivity index (χ1n) is 4.49. The second kappa shape index (κ2) is 4.95. The fraction of sp³-hybridized carbons (Fsp3) is 0.222. The molecule has 0 aromatic heterocycles. The first kappa shape index (κ1) is 12.5. The van der Waals surface area contributed by atoms with Gasteiger partial charge in [-0.05, 0) is 24.6 Å². The number of hydrogen-bond acceptors (Lipinski definition) is 4. The molecule has 0 heterocycles. The molecule has 6 nitrogen and oxygen atoms in total. The number of oxime groups is 1. The maximum Gasteiger partial charge on any atom is 0.298 e. The molecule has 0 aliphatic heterocycles. The topological polar surface area (TPSA) is 90.8 Å². The van der Waals surface area contributed by atoms with Crippen LogP contribution in [0.15, 0.2) is 29.4 Å². The lowest BCUT2D eigenvalue weighted by Crippen LogP contribution is -2.26. The molecular formula is C9H13N3O3S. The lowest BCUT2D eigenvalue weighted by molar-refractivity contribution is 0.319. The second-order valence-electron chi connectivity index (χ2n) is 3.07. The third-order valence-corrected chi connectivity index (χ3v) is 3.02. The quantitative estimate of drug-likeness (QED) is 0.414. The second-order valence-corrected chi connectivity index (χ2v) is 4.69. The van der Waals surface area contributed by atoms with E-state index in [2.05, 4.69) is 14.6 Å². The third kappa shape index (κ3) is 3.21. The van der Waals surface area contributed by atoms with Crippen LogP contribution in [-0.4, -0.2) is 26.4 Å². The normalized spacial score (nSPS) is 12.5. The van der Waals surface area contributed by atoms with Crippen molar-refractivity contribution in [3.8, 4) is 0 Å². The zero-order valence-electron chi connectivity index (χ0n) is 8.93. The first-order valence-corrected chi connectivity index (χ1v) is 5.97. The van der Waals surface area contributed by atoms with Crippen LogP contribution in [0.4, 0.5) is 5.69 Å². The van der Waals surface area contributed by atoms with Crippen molar-refractivity contribution in [1.82, 2.24) is 4.72 Å². The molecule has 0 aliphatic rings. The highest BCUT2D eigenvalue weighted by molar-refractivity contribution is 7.90. The van der Waals surface area contributed by atoms with E-state index in [1.165, 1.54) is 7.05 Å². The van der Waals surface area contributed by atoms with E-state index in [-0.39, 0.29) is 0 Å². The fourth-order valence-electron chi connectivity index (χ4n) is 1.04. The van der Waals surface area contributed by atoms with Gasteiger partial charge >= 0.3 is 0 Å². The minimum Gasteiger partial charge on any atom is -0.411 e. The summed E-state index contributed by atoms with van der Waals surface area (Å²) >= 11 is 0. The first-order chi connectivity index (χ1) is 7.48. The number of benzene rings is 1. The molecule has 0 unspecified atom stereocenters. The smallest absolute Gasteiger partial charge is 0.298 e. The fourth-order valence-corrected chi connectivity index (χ4v) is 1.59. The van der Waals surface area contributed by atoms with Crippen LogP contribution in [0.3, 0.4) is 0 Å². The molecule has 1 rings (SSSR count). The van der Waals surface area contributed by atoms with Crippen molar-refractivity contribution >= 4 is 21.6 Å². The lowest BCUT2D eigenvalue weighted by Gasteiger charge is -2.06. The Balaban J connectivity index is 2.88. The van der Waals surface area contributed by atoms with E-state index < -0.39 is 10.2 Å². The van der Waals surface area contributed by atoms with Crippen LogP contribution >= 0.6 is 0 Å². The molecule has 0 amide bonds. The molecule has 88 valence electrons. The Labute approximate surface area is 94.2 Å². The predicted octanol–water partition coefficient (Wildman–Crippen LogP) is 0.761. The van der Waals surface area contributed by atoms with Gasteiger partial charge in [0, 0.05) is 12.7 Å². The van der Waals surface area contributed by atoms with Crippen molar-refractivity contribution in [3.63, 3.8) is 0 Å². The lowest BCUT2D eigenvalue weighted by atomic mass is 10.1. The van der Waals surface area contributed by atoms with Crippen LogP contribution in [0.5, 0.6) is 0 Å². The summed E-state index contributed by atoms with van der Waals surface area (Å²) in [6, 6.07) is 6.48. The minimum absolute atomic E-state index is 0.434. The van der Waals surface area contributed by atoms with Gasteiger partial charge in [0.15, 0.2) is 0 Å². The predicted molar refractivity (Wildman–Crippen MR) is 62.0 cm³/mol. The van der Waals surface area contributed by atoms with Gasteiger partial charge in [0.2, 0.25) is 0 Å².